The minimum absolute atomic E-state index is 0.227. The lowest BCUT2D eigenvalue weighted by Crippen LogP contribution is -2.32. The zero-order chi connectivity index (χ0) is 28.6. The number of halogens is 1. The van der Waals surface area contributed by atoms with Crippen LogP contribution in [0, 0.1) is 11.7 Å². The summed E-state index contributed by atoms with van der Waals surface area (Å²) in [4.78, 5) is 17.9. The SMILES string of the molecule is COc1cc(-c2ccc(C3CCc4ccc([C@H](O)[C@H](C)C(=O)O)cc4O3)cc2CN2C(C)CC[C@H]2C)c(F)cn1. The predicted molar refractivity (Wildman–Crippen MR) is 150 cm³/mol. The van der Waals surface area contributed by atoms with E-state index >= 15 is 4.39 Å². The van der Waals surface area contributed by atoms with Crippen LogP contribution in [-0.2, 0) is 17.8 Å². The summed E-state index contributed by atoms with van der Waals surface area (Å²) in [5.41, 5.74) is 4.81. The molecular weight excluding hydrogens is 511 g/mol. The molecule has 5 rings (SSSR count). The van der Waals surface area contributed by atoms with Crippen LogP contribution in [-0.4, -0.2) is 45.3 Å². The van der Waals surface area contributed by atoms with Gasteiger partial charge in [0, 0.05) is 30.3 Å². The molecule has 0 amide bonds. The van der Waals surface area contributed by atoms with Gasteiger partial charge in [-0.1, -0.05) is 30.3 Å². The fourth-order valence-electron chi connectivity index (χ4n) is 5.93. The van der Waals surface area contributed by atoms with Gasteiger partial charge in [-0.15, -0.1) is 0 Å². The summed E-state index contributed by atoms with van der Waals surface area (Å²) in [7, 11) is 1.52. The van der Waals surface area contributed by atoms with Crippen molar-refractivity contribution in [1.82, 2.24) is 9.88 Å². The maximum atomic E-state index is 15.1. The first-order chi connectivity index (χ1) is 19.2. The first-order valence-electron chi connectivity index (χ1n) is 13.9. The van der Waals surface area contributed by atoms with Crippen molar-refractivity contribution in [3.63, 3.8) is 0 Å². The Morgan fingerprint density at radius 2 is 1.88 bits per heavy atom. The maximum absolute atomic E-state index is 15.1. The van der Waals surface area contributed by atoms with Crippen LogP contribution in [0.2, 0.25) is 0 Å². The zero-order valence-corrected chi connectivity index (χ0v) is 23.4. The number of hydrogen-bond acceptors (Lipinski definition) is 6. The second-order valence-corrected chi connectivity index (χ2v) is 11.2. The maximum Gasteiger partial charge on any atom is 0.309 e. The number of aryl methyl sites for hydroxylation is 1. The Balaban J connectivity index is 1.49. The number of hydrogen-bond donors (Lipinski definition) is 2. The highest BCUT2D eigenvalue weighted by molar-refractivity contribution is 5.71. The number of carboxylic acid groups (broad SMARTS) is 1. The Kier molecular flexibility index (Phi) is 8.10. The molecule has 1 saturated heterocycles. The number of pyridine rings is 1. The lowest BCUT2D eigenvalue weighted by Gasteiger charge is -2.30. The second-order valence-electron chi connectivity index (χ2n) is 11.2. The number of aliphatic carboxylic acids is 1. The summed E-state index contributed by atoms with van der Waals surface area (Å²) in [6, 6.07) is 14.0. The van der Waals surface area contributed by atoms with E-state index in [-0.39, 0.29) is 6.10 Å². The number of aliphatic hydroxyl groups excluding tert-OH is 1. The van der Waals surface area contributed by atoms with Gasteiger partial charge in [0.05, 0.1) is 25.3 Å². The molecule has 0 aliphatic carbocycles. The Morgan fingerprint density at radius 3 is 2.58 bits per heavy atom. The zero-order valence-electron chi connectivity index (χ0n) is 23.4. The molecule has 1 aromatic heterocycles. The smallest absolute Gasteiger partial charge is 0.309 e. The number of methoxy groups -OCH3 is 1. The van der Waals surface area contributed by atoms with Crippen LogP contribution >= 0.6 is 0 Å². The predicted octanol–water partition coefficient (Wildman–Crippen LogP) is 6.09. The van der Waals surface area contributed by atoms with Crippen molar-refractivity contribution in [2.75, 3.05) is 7.11 Å². The van der Waals surface area contributed by atoms with E-state index in [4.69, 9.17) is 9.47 Å². The first kappa shape index (κ1) is 28.1. The van der Waals surface area contributed by atoms with Crippen LogP contribution in [0.15, 0.2) is 48.7 Å². The van der Waals surface area contributed by atoms with Crippen molar-refractivity contribution in [2.24, 2.45) is 5.92 Å². The van der Waals surface area contributed by atoms with Crippen molar-refractivity contribution < 1.29 is 28.9 Å². The third-order valence-corrected chi connectivity index (χ3v) is 8.56. The van der Waals surface area contributed by atoms with E-state index in [9.17, 15) is 15.0 Å². The van der Waals surface area contributed by atoms with Crippen LogP contribution < -0.4 is 9.47 Å². The molecule has 0 spiro atoms. The van der Waals surface area contributed by atoms with E-state index in [1.807, 2.05) is 18.2 Å². The summed E-state index contributed by atoms with van der Waals surface area (Å²) >= 11 is 0. The Bertz CT molecular complexity index is 1390. The van der Waals surface area contributed by atoms with E-state index in [1.54, 1.807) is 18.2 Å². The lowest BCUT2D eigenvalue weighted by molar-refractivity contribution is -0.145. The molecule has 212 valence electrons. The monoisotopic (exact) mass is 548 g/mol. The van der Waals surface area contributed by atoms with Crippen molar-refractivity contribution >= 4 is 5.97 Å². The lowest BCUT2D eigenvalue weighted by atomic mass is 9.91. The van der Waals surface area contributed by atoms with Gasteiger partial charge >= 0.3 is 5.97 Å². The normalized spacial score (nSPS) is 22.3. The highest BCUT2D eigenvalue weighted by Gasteiger charge is 2.30. The van der Waals surface area contributed by atoms with Gasteiger partial charge in [-0.05, 0) is 80.3 Å². The molecule has 2 aliphatic rings. The number of fused-ring (bicyclic) bond motifs is 1. The van der Waals surface area contributed by atoms with Crippen molar-refractivity contribution in [3.05, 3.63) is 76.7 Å². The third kappa shape index (κ3) is 5.56. The summed E-state index contributed by atoms with van der Waals surface area (Å²) in [6.45, 7) is 6.65. The van der Waals surface area contributed by atoms with E-state index in [1.165, 1.54) is 20.2 Å². The molecule has 8 heteroatoms. The molecule has 40 heavy (non-hydrogen) atoms. The number of benzene rings is 2. The number of aromatic nitrogens is 1. The third-order valence-electron chi connectivity index (χ3n) is 8.56. The van der Waals surface area contributed by atoms with Gasteiger partial charge in [0.25, 0.3) is 0 Å². The highest BCUT2D eigenvalue weighted by Crippen LogP contribution is 2.40. The molecule has 2 N–H and O–H groups in total. The van der Waals surface area contributed by atoms with Gasteiger partial charge in [0.2, 0.25) is 5.88 Å². The number of ether oxygens (including phenoxy) is 2. The molecule has 3 heterocycles. The summed E-state index contributed by atoms with van der Waals surface area (Å²) in [6.07, 6.45) is 3.66. The Hall–Kier alpha value is -3.49. The molecule has 0 saturated carbocycles. The standard InChI is InChI=1S/C32H37FN2O5/c1-18-5-6-19(2)35(18)17-24-13-22(9-11-25(24)26-15-30(39-4)34-16-27(26)33)28-12-10-21-7-8-23(14-29(21)40-28)31(36)20(3)32(37)38/h7-9,11,13-16,18-20,28,31,36H,5-6,10,12,17H2,1-4H3,(H,37,38)/t18-,19?,20+,28?,31-/m1/s1. The average Bonchev–Trinajstić information content (AvgIpc) is 3.28. The fourth-order valence-corrected chi connectivity index (χ4v) is 5.93. The highest BCUT2D eigenvalue weighted by atomic mass is 19.1. The largest absolute Gasteiger partial charge is 0.485 e. The molecule has 7 nitrogen and oxygen atoms in total. The van der Waals surface area contributed by atoms with Gasteiger partial charge < -0.3 is 19.7 Å². The molecule has 0 bridgehead atoms. The van der Waals surface area contributed by atoms with E-state index in [0.29, 0.717) is 41.4 Å². The van der Waals surface area contributed by atoms with Crippen LogP contribution in [0.5, 0.6) is 11.6 Å². The van der Waals surface area contributed by atoms with Crippen molar-refractivity contribution in [3.8, 4) is 22.8 Å². The number of nitrogens with zero attached hydrogens (tertiary/aromatic N) is 2. The molecule has 2 aliphatic heterocycles. The van der Waals surface area contributed by atoms with Gasteiger partial charge in [0.15, 0.2) is 0 Å². The van der Waals surface area contributed by atoms with E-state index < -0.39 is 23.8 Å². The molecule has 2 aromatic carbocycles. The van der Waals surface area contributed by atoms with Gasteiger partial charge in [-0.25, -0.2) is 9.37 Å². The summed E-state index contributed by atoms with van der Waals surface area (Å²) in [5, 5.41) is 19.9. The van der Waals surface area contributed by atoms with Gasteiger partial charge in [0.1, 0.15) is 17.7 Å². The Morgan fingerprint density at radius 1 is 1.12 bits per heavy atom. The first-order valence-corrected chi connectivity index (χ1v) is 13.9. The Labute approximate surface area is 234 Å². The van der Waals surface area contributed by atoms with Crippen molar-refractivity contribution in [2.45, 2.75) is 77.3 Å². The minimum Gasteiger partial charge on any atom is -0.485 e. The minimum atomic E-state index is -1.13. The quantitative estimate of drug-likeness (QED) is 0.352. The number of likely N-dealkylation sites (tertiary alicyclic amines) is 1. The summed E-state index contributed by atoms with van der Waals surface area (Å²) in [5.74, 6) is -1.38. The molecule has 3 aromatic rings. The molecule has 1 fully saturated rings. The number of rotatable bonds is 8. The molecular formula is C32H37FN2O5. The fraction of sp³-hybridized carbons (Fsp3) is 0.438. The topological polar surface area (TPSA) is 92.1 Å². The average molecular weight is 549 g/mol. The van der Waals surface area contributed by atoms with Crippen LogP contribution in [0.3, 0.4) is 0 Å². The number of aliphatic hydroxyl groups is 1. The number of carbonyl (C=O) groups is 1. The van der Waals surface area contributed by atoms with Crippen LogP contribution in [0.1, 0.15) is 74.5 Å². The molecule has 2 unspecified atom stereocenters. The molecule has 0 radical (unpaired) electrons. The van der Waals surface area contributed by atoms with Gasteiger partial charge in [-0.2, -0.15) is 0 Å². The van der Waals surface area contributed by atoms with Gasteiger partial charge in [-0.3, -0.25) is 9.69 Å². The summed E-state index contributed by atoms with van der Waals surface area (Å²) < 4.78 is 26.8. The molecule has 5 atom stereocenters. The van der Waals surface area contributed by atoms with E-state index in [0.717, 1.165) is 47.9 Å². The van der Waals surface area contributed by atoms with Crippen molar-refractivity contribution in [1.29, 1.82) is 0 Å². The van der Waals surface area contributed by atoms with Crippen LogP contribution in [0.4, 0.5) is 4.39 Å². The van der Waals surface area contributed by atoms with Crippen LogP contribution in [0.25, 0.3) is 11.1 Å². The second kappa shape index (κ2) is 11.6. The van der Waals surface area contributed by atoms with E-state index in [2.05, 4.69) is 29.8 Å². The number of carboxylic acids is 1.